The number of ether oxygens (including phenoxy) is 1. The number of likely N-dealkylation sites (tertiary alicyclic amines) is 2. The molecule has 2 aliphatic heterocycles. The van der Waals surface area contributed by atoms with Gasteiger partial charge < -0.3 is 20.1 Å². The van der Waals surface area contributed by atoms with E-state index in [1.54, 1.807) is 4.90 Å². The van der Waals surface area contributed by atoms with E-state index in [1.807, 2.05) is 42.5 Å². The van der Waals surface area contributed by atoms with Crippen LogP contribution in [-0.2, 0) is 20.9 Å². The van der Waals surface area contributed by atoms with E-state index in [1.165, 1.54) is 0 Å². The van der Waals surface area contributed by atoms with Crippen LogP contribution < -0.4 is 5.32 Å². The van der Waals surface area contributed by atoms with Gasteiger partial charge in [-0.1, -0.05) is 78.9 Å². The summed E-state index contributed by atoms with van der Waals surface area (Å²) in [5.41, 5.74) is 4.58. The van der Waals surface area contributed by atoms with Crippen LogP contribution in [0.1, 0.15) is 54.7 Å². The number of rotatable bonds is 9. The lowest BCUT2D eigenvalue weighted by molar-refractivity contribution is -0.141. The average Bonchev–Trinajstić information content (AvgIpc) is 3.72. The van der Waals surface area contributed by atoms with Gasteiger partial charge in [-0.15, -0.1) is 0 Å². The van der Waals surface area contributed by atoms with Gasteiger partial charge in [-0.25, -0.2) is 4.79 Å². The minimum atomic E-state index is -1.14. The van der Waals surface area contributed by atoms with E-state index in [9.17, 15) is 19.5 Å². The number of aliphatic carboxylic acids is 1. The first-order valence-corrected chi connectivity index (χ1v) is 14.9. The fourth-order valence-electron chi connectivity index (χ4n) is 6.99. The Morgan fingerprint density at radius 1 is 0.905 bits per heavy atom. The molecule has 0 saturated carbocycles. The Balaban J connectivity index is 1.19. The highest BCUT2D eigenvalue weighted by Gasteiger charge is 2.50. The summed E-state index contributed by atoms with van der Waals surface area (Å²) < 4.78 is 5.88. The summed E-state index contributed by atoms with van der Waals surface area (Å²) in [7, 11) is 0. The Hall–Kier alpha value is -4.17. The van der Waals surface area contributed by atoms with Crippen molar-refractivity contribution in [1.29, 1.82) is 0 Å². The number of hydrogen-bond acceptors (Lipinski definition) is 5. The van der Waals surface area contributed by atoms with Crippen LogP contribution in [0.5, 0.6) is 0 Å². The molecule has 42 heavy (non-hydrogen) atoms. The molecule has 8 nitrogen and oxygen atoms in total. The Labute approximate surface area is 246 Å². The van der Waals surface area contributed by atoms with E-state index < -0.39 is 17.6 Å². The van der Waals surface area contributed by atoms with Crippen LogP contribution >= 0.6 is 0 Å². The largest absolute Gasteiger partial charge is 0.481 e. The number of amides is 2. The zero-order chi connectivity index (χ0) is 29.1. The van der Waals surface area contributed by atoms with Crippen LogP contribution in [0, 0.1) is 0 Å². The number of alkyl carbamates (subject to hydrolysis) is 1. The molecule has 2 saturated heterocycles. The highest BCUT2D eigenvalue weighted by Crippen LogP contribution is 2.44. The SMILES string of the molecule is O=C(O)CCC1CCCN1C(=O)C1(NC(=O)OCC2c3ccccc3-c3ccccc32)CCN(Cc2ccccc2)C1. The summed E-state index contributed by atoms with van der Waals surface area (Å²) in [5, 5.41) is 12.3. The molecule has 3 aromatic rings. The van der Waals surface area contributed by atoms with E-state index in [0.29, 0.717) is 39.0 Å². The number of fused-ring (bicyclic) bond motifs is 3. The van der Waals surface area contributed by atoms with Crippen LogP contribution in [-0.4, -0.2) is 70.7 Å². The first-order valence-electron chi connectivity index (χ1n) is 14.9. The molecule has 3 aromatic carbocycles. The third kappa shape index (κ3) is 5.63. The van der Waals surface area contributed by atoms with Crippen LogP contribution in [0.15, 0.2) is 78.9 Å². The zero-order valence-electron chi connectivity index (χ0n) is 23.7. The lowest BCUT2D eigenvalue weighted by atomic mass is 9.95. The number of nitrogens with one attached hydrogen (secondary N) is 1. The highest BCUT2D eigenvalue weighted by atomic mass is 16.5. The maximum Gasteiger partial charge on any atom is 0.408 e. The van der Waals surface area contributed by atoms with Gasteiger partial charge in [-0.3, -0.25) is 14.5 Å². The number of carboxylic acids is 1. The molecule has 2 amide bonds. The van der Waals surface area contributed by atoms with E-state index in [2.05, 4.69) is 46.6 Å². The topological polar surface area (TPSA) is 99.2 Å². The number of hydrogen-bond donors (Lipinski definition) is 2. The third-order valence-electron chi connectivity index (χ3n) is 9.02. The number of nitrogens with zero attached hydrogens (tertiary/aromatic N) is 2. The molecule has 1 aliphatic carbocycles. The second kappa shape index (κ2) is 12.0. The van der Waals surface area contributed by atoms with Crippen molar-refractivity contribution < 1.29 is 24.2 Å². The lowest BCUT2D eigenvalue weighted by Crippen LogP contribution is -2.62. The van der Waals surface area contributed by atoms with E-state index >= 15 is 0 Å². The second-order valence-corrected chi connectivity index (χ2v) is 11.7. The summed E-state index contributed by atoms with van der Waals surface area (Å²) >= 11 is 0. The first kappa shape index (κ1) is 28.0. The lowest BCUT2D eigenvalue weighted by Gasteiger charge is -2.36. The van der Waals surface area contributed by atoms with Crippen molar-refractivity contribution in [3.05, 3.63) is 95.6 Å². The van der Waals surface area contributed by atoms with Gasteiger partial charge in [-0.05, 0) is 53.5 Å². The van der Waals surface area contributed by atoms with Gasteiger partial charge in [0.25, 0.3) is 0 Å². The molecule has 8 heteroatoms. The molecule has 2 heterocycles. The third-order valence-corrected chi connectivity index (χ3v) is 9.02. The second-order valence-electron chi connectivity index (χ2n) is 11.7. The summed E-state index contributed by atoms with van der Waals surface area (Å²) in [6.45, 7) is 2.43. The van der Waals surface area contributed by atoms with E-state index in [-0.39, 0.29) is 30.9 Å². The van der Waals surface area contributed by atoms with Crippen LogP contribution in [0.4, 0.5) is 4.79 Å². The van der Waals surface area contributed by atoms with Crippen molar-refractivity contribution in [3.63, 3.8) is 0 Å². The molecule has 218 valence electrons. The number of benzene rings is 3. The monoisotopic (exact) mass is 567 g/mol. The van der Waals surface area contributed by atoms with Crippen LogP contribution in [0.2, 0.25) is 0 Å². The molecule has 0 bridgehead atoms. The van der Waals surface area contributed by atoms with Crippen LogP contribution in [0.3, 0.4) is 0 Å². The summed E-state index contributed by atoms with van der Waals surface area (Å²) in [6, 6.07) is 26.3. The van der Waals surface area contributed by atoms with Crippen molar-refractivity contribution in [3.8, 4) is 11.1 Å². The molecule has 2 atom stereocenters. The van der Waals surface area contributed by atoms with Crippen molar-refractivity contribution in [2.24, 2.45) is 0 Å². The van der Waals surface area contributed by atoms with Gasteiger partial charge in [-0.2, -0.15) is 0 Å². The maximum absolute atomic E-state index is 14.2. The van der Waals surface area contributed by atoms with Crippen LogP contribution in [0.25, 0.3) is 11.1 Å². The van der Waals surface area contributed by atoms with Gasteiger partial charge in [0.05, 0.1) is 0 Å². The van der Waals surface area contributed by atoms with Gasteiger partial charge in [0.15, 0.2) is 0 Å². The summed E-state index contributed by atoms with van der Waals surface area (Å²) in [6.07, 6.45) is 1.88. The molecular weight excluding hydrogens is 530 g/mol. The molecule has 2 unspecified atom stereocenters. The predicted molar refractivity (Wildman–Crippen MR) is 159 cm³/mol. The van der Waals surface area contributed by atoms with Crippen molar-refractivity contribution in [2.45, 2.75) is 56.1 Å². The highest BCUT2D eigenvalue weighted by molar-refractivity contribution is 5.91. The molecule has 0 spiro atoms. The molecular formula is C34H37N3O5. The van der Waals surface area contributed by atoms with Gasteiger partial charge in [0.1, 0.15) is 12.1 Å². The number of carbonyl (C=O) groups excluding carboxylic acids is 2. The van der Waals surface area contributed by atoms with Crippen molar-refractivity contribution in [2.75, 3.05) is 26.2 Å². The van der Waals surface area contributed by atoms with Crippen molar-refractivity contribution in [1.82, 2.24) is 15.1 Å². The normalized spacial score (nSPS) is 21.6. The molecule has 6 rings (SSSR count). The maximum atomic E-state index is 14.2. The van der Waals surface area contributed by atoms with Gasteiger partial charge in [0, 0.05) is 44.6 Å². The Bertz CT molecular complexity index is 1410. The fraction of sp³-hybridized carbons (Fsp3) is 0.382. The Morgan fingerprint density at radius 2 is 1.57 bits per heavy atom. The first-order chi connectivity index (χ1) is 20.4. The molecule has 0 aromatic heterocycles. The average molecular weight is 568 g/mol. The predicted octanol–water partition coefficient (Wildman–Crippen LogP) is 5.03. The standard InChI is InChI=1S/C34H37N3O5/c38-31(39)17-16-25-11-8-19-37(25)32(40)34(18-20-36(23-34)21-24-9-2-1-3-10-24)35-33(41)42-22-30-28-14-6-4-12-26(28)27-13-5-7-15-29(27)30/h1-7,9-10,12-15,25,30H,8,11,16-23H2,(H,35,41)(H,38,39). The Morgan fingerprint density at radius 3 is 2.26 bits per heavy atom. The quantitative estimate of drug-likeness (QED) is 0.377. The van der Waals surface area contributed by atoms with Gasteiger partial charge in [0.2, 0.25) is 5.91 Å². The number of carboxylic acid groups (broad SMARTS) is 1. The zero-order valence-corrected chi connectivity index (χ0v) is 23.7. The van der Waals surface area contributed by atoms with E-state index in [0.717, 1.165) is 40.7 Å². The molecule has 2 N–H and O–H groups in total. The molecule has 2 fully saturated rings. The van der Waals surface area contributed by atoms with Crippen molar-refractivity contribution >= 4 is 18.0 Å². The minimum absolute atomic E-state index is 0.0153. The van der Waals surface area contributed by atoms with E-state index in [4.69, 9.17) is 4.74 Å². The number of carbonyl (C=O) groups is 3. The van der Waals surface area contributed by atoms with Gasteiger partial charge >= 0.3 is 12.1 Å². The summed E-state index contributed by atoms with van der Waals surface area (Å²) in [4.78, 5) is 43.0. The minimum Gasteiger partial charge on any atom is -0.481 e. The fourth-order valence-corrected chi connectivity index (χ4v) is 6.99. The Kier molecular flexibility index (Phi) is 7.98. The molecule has 0 radical (unpaired) electrons. The molecule has 3 aliphatic rings. The smallest absolute Gasteiger partial charge is 0.408 e. The summed E-state index contributed by atoms with van der Waals surface area (Å²) in [5.74, 6) is -1.08.